The van der Waals surface area contributed by atoms with Gasteiger partial charge in [-0.25, -0.2) is 0 Å². The van der Waals surface area contributed by atoms with Crippen LogP contribution in [0.3, 0.4) is 0 Å². The van der Waals surface area contributed by atoms with Crippen LogP contribution >= 0.6 is 34.8 Å². The molecule has 1 heterocycles. The van der Waals surface area contributed by atoms with Crippen molar-refractivity contribution in [2.45, 2.75) is 30.3 Å². The van der Waals surface area contributed by atoms with Gasteiger partial charge in [-0.2, -0.15) is 0 Å². The Morgan fingerprint density at radius 3 is 1.96 bits per heavy atom. The van der Waals surface area contributed by atoms with E-state index in [1.807, 2.05) is 48.5 Å². The fourth-order valence-corrected chi connectivity index (χ4v) is 3.45. The SMILES string of the molecule is CC1(Cl)C(=O)CC(c2ccc(Cl)cc2)NC1c1ccc(Cl)cc1. The van der Waals surface area contributed by atoms with Crippen LogP contribution in [0.2, 0.25) is 10.0 Å². The van der Waals surface area contributed by atoms with E-state index in [9.17, 15) is 4.79 Å². The Balaban J connectivity index is 1.94. The number of carbonyl (C=O) groups excluding carboxylic acids is 1. The maximum absolute atomic E-state index is 12.6. The van der Waals surface area contributed by atoms with Gasteiger partial charge in [0.15, 0.2) is 5.78 Å². The van der Waals surface area contributed by atoms with E-state index in [1.54, 1.807) is 6.92 Å². The van der Waals surface area contributed by atoms with Crippen molar-refractivity contribution in [1.29, 1.82) is 0 Å². The van der Waals surface area contributed by atoms with E-state index in [4.69, 9.17) is 34.8 Å². The van der Waals surface area contributed by atoms with Gasteiger partial charge in [-0.15, -0.1) is 11.6 Å². The van der Waals surface area contributed by atoms with Crippen molar-refractivity contribution >= 4 is 40.6 Å². The van der Waals surface area contributed by atoms with Gasteiger partial charge in [0.25, 0.3) is 0 Å². The quantitative estimate of drug-likeness (QED) is 0.725. The molecule has 23 heavy (non-hydrogen) atoms. The monoisotopic (exact) mass is 367 g/mol. The molecule has 1 saturated heterocycles. The van der Waals surface area contributed by atoms with E-state index >= 15 is 0 Å². The van der Waals surface area contributed by atoms with Crippen LogP contribution in [-0.2, 0) is 4.79 Å². The third-order valence-electron chi connectivity index (χ3n) is 4.32. The zero-order chi connectivity index (χ0) is 16.6. The Morgan fingerprint density at radius 1 is 0.957 bits per heavy atom. The summed E-state index contributed by atoms with van der Waals surface area (Å²) in [6, 6.07) is 14.6. The highest BCUT2D eigenvalue weighted by atomic mass is 35.5. The summed E-state index contributed by atoms with van der Waals surface area (Å²) >= 11 is 18.5. The molecule has 1 fully saturated rings. The number of hydrogen-bond acceptors (Lipinski definition) is 2. The van der Waals surface area contributed by atoms with Crippen LogP contribution in [-0.4, -0.2) is 10.7 Å². The third kappa shape index (κ3) is 3.41. The molecule has 0 aromatic heterocycles. The minimum atomic E-state index is -0.989. The zero-order valence-corrected chi connectivity index (χ0v) is 14.8. The molecule has 5 heteroatoms. The van der Waals surface area contributed by atoms with E-state index in [-0.39, 0.29) is 17.9 Å². The summed E-state index contributed by atoms with van der Waals surface area (Å²) in [5, 5.41) is 4.83. The van der Waals surface area contributed by atoms with Crippen LogP contribution in [0.1, 0.15) is 36.6 Å². The van der Waals surface area contributed by atoms with E-state index < -0.39 is 4.87 Å². The number of piperidine rings is 1. The maximum Gasteiger partial charge on any atom is 0.157 e. The van der Waals surface area contributed by atoms with E-state index in [0.717, 1.165) is 11.1 Å². The minimum Gasteiger partial charge on any atom is -0.301 e. The molecule has 0 bridgehead atoms. The first-order chi connectivity index (χ1) is 10.9. The van der Waals surface area contributed by atoms with Crippen molar-refractivity contribution in [1.82, 2.24) is 5.32 Å². The Morgan fingerprint density at radius 2 is 1.43 bits per heavy atom. The molecule has 3 atom stereocenters. The number of hydrogen-bond donors (Lipinski definition) is 1. The maximum atomic E-state index is 12.6. The smallest absolute Gasteiger partial charge is 0.157 e. The average molecular weight is 369 g/mol. The molecule has 3 unspecified atom stereocenters. The molecular formula is C18H16Cl3NO. The van der Waals surface area contributed by atoms with Crippen LogP contribution in [0, 0.1) is 0 Å². The number of ketones is 1. The second kappa shape index (κ2) is 6.45. The molecule has 0 amide bonds. The predicted octanol–water partition coefficient (Wildman–Crippen LogP) is 5.34. The van der Waals surface area contributed by atoms with Crippen molar-refractivity contribution in [2.75, 3.05) is 0 Å². The lowest BCUT2D eigenvalue weighted by atomic mass is 9.81. The molecule has 0 aliphatic carbocycles. The summed E-state index contributed by atoms with van der Waals surface area (Å²) in [7, 11) is 0. The summed E-state index contributed by atoms with van der Waals surface area (Å²) in [6.45, 7) is 1.77. The number of Topliss-reactive ketones (excluding diaryl/α,β-unsaturated/α-hetero) is 1. The first-order valence-corrected chi connectivity index (χ1v) is 8.50. The zero-order valence-electron chi connectivity index (χ0n) is 12.5. The van der Waals surface area contributed by atoms with Gasteiger partial charge < -0.3 is 5.32 Å². The minimum absolute atomic E-state index is 0.0258. The third-order valence-corrected chi connectivity index (χ3v) is 5.25. The lowest BCUT2D eigenvalue weighted by Gasteiger charge is -2.40. The lowest BCUT2D eigenvalue weighted by Crippen LogP contribution is -2.50. The molecule has 2 nitrogen and oxygen atoms in total. The topological polar surface area (TPSA) is 29.1 Å². The second-order valence-corrected chi connectivity index (χ2v) is 7.62. The number of alkyl halides is 1. The number of benzene rings is 2. The van der Waals surface area contributed by atoms with Crippen molar-refractivity contribution < 1.29 is 4.79 Å². The Bertz CT molecular complexity index is 710. The van der Waals surface area contributed by atoms with Crippen molar-refractivity contribution in [2.24, 2.45) is 0 Å². The number of rotatable bonds is 2. The molecule has 1 N–H and O–H groups in total. The van der Waals surface area contributed by atoms with Gasteiger partial charge in [0, 0.05) is 22.5 Å². The number of nitrogens with one attached hydrogen (secondary N) is 1. The van der Waals surface area contributed by atoms with Crippen LogP contribution in [0.5, 0.6) is 0 Å². The lowest BCUT2D eigenvalue weighted by molar-refractivity contribution is -0.124. The van der Waals surface area contributed by atoms with Gasteiger partial charge in [-0.1, -0.05) is 47.5 Å². The normalized spacial score (nSPS) is 27.9. The molecule has 0 radical (unpaired) electrons. The van der Waals surface area contributed by atoms with Crippen LogP contribution in [0.25, 0.3) is 0 Å². The molecule has 120 valence electrons. The Kier molecular flexibility index (Phi) is 4.70. The van der Waals surface area contributed by atoms with Gasteiger partial charge in [-0.05, 0) is 42.3 Å². The summed E-state index contributed by atoms with van der Waals surface area (Å²) in [5.41, 5.74) is 1.97. The average Bonchev–Trinajstić information content (AvgIpc) is 2.52. The molecule has 0 saturated carbocycles. The summed E-state index contributed by atoms with van der Waals surface area (Å²) < 4.78 is 0. The summed E-state index contributed by atoms with van der Waals surface area (Å²) in [6.07, 6.45) is 0.353. The highest BCUT2D eigenvalue weighted by molar-refractivity contribution is 6.36. The van der Waals surface area contributed by atoms with Gasteiger partial charge in [0.05, 0.1) is 6.04 Å². The van der Waals surface area contributed by atoms with Crippen LogP contribution < -0.4 is 5.32 Å². The highest BCUT2D eigenvalue weighted by Gasteiger charge is 2.45. The Hall–Kier alpha value is -1.06. The predicted molar refractivity (Wildman–Crippen MR) is 95.4 cm³/mol. The molecule has 1 aliphatic heterocycles. The second-order valence-electron chi connectivity index (χ2n) is 5.96. The fourth-order valence-electron chi connectivity index (χ4n) is 2.94. The number of carbonyl (C=O) groups is 1. The fraction of sp³-hybridized carbons (Fsp3) is 0.278. The molecule has 1 aliphatic rings. The summed E-state index contributed by atoms with van der Waals surface area (Å²) in [4.78, 5) is 11.6. The first kappa shape index (κ1) is 16.8. The van der Waals surface area contributed by atoms with E-state index in [0.29, 0.717) is 16.5 Å². The van der Waals surface area contributed by atoms with Gasteiger partial charge >= 0.3 is 0 Å². The van der Waals surface area contributed by atoms with Crippen LogP contribution in [0.4, 0.5) is 0 Å². The molecule has 0 spiro atoms. The van der Waals surface area contributed by atoms with Gasteiger partial charge in [-0.3, -0.25) is 4.79 Å². The molecule has 2 aromatic rings. The van der Waals surface area contributed by atoms with Crippen LogP contribution in [0.15, 0.2) is 48.5 Å². The summed E-state index contributed by atoms with van der Waals surface area (Å²) in [5.74, 6) is 0.0258. The standard InChI is InChI=1S/C18H16Cl3NO/c1-18(21)16(23)10-15(11-2-6-13(19)7-3-11)22-17(18)12-4-8-14(20)9-5-12/h2-9,15,17,22H,10H2,1H3. The largest absolute Gasteiger partial charge is 0.301 e. The first-order valence-electron chi connectivity index (χ1n) is 7.37. The van der Waals surface area contributed by atoms with Crippen molar-refractivity contribution in [3.8, 4) is 0 Å². The molecular weight excluding hydrogens is 353 g/mol. The highest BCUT2D eigenvalue weighted by Crippen LogP contribution is 2.41. The van der Waals surface area contributed by atoms with E-state index in [2.05, 4.69) is 5.32 Å². The molecule has 3 rings (SSSR count). The Labute approximate surface area is 150 Å². The van der Waals surface area contributed by atoms with Crippen molar-refractivity contribution in [3.63, 3.8) is 0 Å². The van der Waals surface area contributed by atoms with Gasteiger partial charge in [0.2, 0.25) is 0 Å². The van der Waals surface area contributed by atoms with Crippen molar-refractivity contribution in [3.05, 3.63) is 69.7 Å². The molecule has 2 aromatic carbocycles. The van der Waals surface area contributed by atoms with Gasteiger partial charge in [0.1, 0.15) is 4.87 Å². The number of halogens is 3. The van der Waals surface area contributed by atoms with E-state index in [1.165, 1.54) is 0 Å².